The molecule has 0 radical (unpaired) electrons. The minimum Gasteiger partial charge on any atom is -0.493 e. The van der Waals surface area contributed by atoms with Crippen molar-refractivity contribution < 1.29 is 36.2 Å². The summed E-state index contributed by atoms with van der Waals surface area (Å²) in [6.07, 6.45) is 9.62. The molecule has 12 heteroatoms. The molecule has 1 unspecified atom stereocenters. The largest absolute Gasteiger partial charge is 0.493 e. The van der Waals surface area contributed by atoms with Gasteiger partial charge in [-0.15, -0.1) is 0 Å². The van der Waals surface area contributed by atoms with E-state index in [0.29, 0.717) is 24.2 Å². The van der Waals surface area contributed by atoms with Crippen LogP contribution in [0.2, 0.25) is 18.1 Å². The van der Waals surface area contributed by atoms with E-state index in [2.05, 4.69) is 38.8 Å². The number of carbonyl (C=O) groups is 1. The number of rotatable bonds is 12. The number of hydrogen-bond donors (Lipinski definition) is 0. The number of benzene rings is 1. The molecule has 0 spiro atoms. The molecule has 2 heterocycles. The Morgan fingerprint density at radius 2 is 1.93 bits per heavy atom. The van der Waals surface area contributed by atoms with Gasteiger partial charge in [0, 0.05) is 24.3 Å². The lowest BCUT2D eigenvalue weighted by Gasteiger charge is -2.36. The van der Waals surface area contributed by atoms with Crippen LogP contribution < -0.4 is 4.74 Å². The van der Waals surface area contributed by atoms with Gasteiger partial charge in [-0.05, 0) is 81.6 Å². The molecule has 0 saturated heterocycles. The number of nitrogens with zero attached hydrogens (tertiary/aromatic N) is 2. The molecule has 0 aliphatic heterocycles. The first-order chi connectivity index (χ1) is 21.0. The molecule has 0 bridgehead atoms. The summed E-state index contributed by atoms with van der Waals surface area (Å²) in [5.41, 5.74) is 0.231. The van der Waals surface area contributed by atoms with Gasteiger partial charge in [0.1, 0.15) is 33.4 Å². The molecule has 1 aliphatic rings. The topological polar surface area (TPSA) is 106 Å². The average Bonchev–Trinajstić information content (AvgIpc) is 3.40. The zero-order valence-corrected chi connectivity index (χ0v) is 29.0. The fourth-order valence-electron chi connectivity index (χ4n) is 4.74. The zero-order chi connectivity index (χ0) is 33.2. The van der Waals surface area contributed by atoms with Gasteiger partial charge in [0.15, 0.2) is 14.0 Å². The van der Waals surface area contributed by atoms with E-state index in [4.69, 9.17) is 18.6 Å². The highest BCUT2D eigenvalue weighted by Crippen LogP contribution is 2.39. The molecule has 45 heavy (non-hydrogen) atoms. The van der Waals surface area contributed by atoms with Crippen LogP contribution in [0.3, 0.4) is 0 Å². The Hall–Kier alpha value is -3.48. The maximum Gasteiger partial charge on any atom is 0.341 e. The Bertz CT molecular complexity index is 1730. The summed E-state index contributed by atoms with van der Waals surface area (Å²) < 4.78 is 65.3. The molecule has 2 atom stereocenters. The molecule has 4 rings (SSSR count). The fraction of sp³-hybridized carbons (Fsp3) is 0.455. The van der Waals surface area contributed by atoms with Crippen LogP contribution in [-0.4, -0.2) is 56.2 Å². The van der Waals surface area contributed by atoms with Crippen LogP contribution in [0.4, 0.5) is 4.39 Å². The molecule has 1 aromatic carbocycles. The lowest BCUT2D eigenvalue weighted by atomic mass is 9.99. The van der Waals surface area contributed by atoms with Gasteiger partial charge in [-0.2, -0.15) is 0 Å². The van der Waals surface area contributed by atoms with E-state index in [1.807, 2.05) is 19.1 Å². The van der Waals surface area contributed by atoms with Crippen molar-refractivity contribution in [2.75, 3.05) is 13.7 Å². The number of allylic oxidation sites excluding steroid dienone is 3. The van der Waals surface area contributed by atoms with E-state index in [0.717, 1.165) is 22.5 Å². The number of aromatic nitrogens is 2. The first-order valence-electron chi connectivity index (χ1n) is 15.0. The third kappa shape index (κ3) is 7.18. The quantitative estimate of drug-likeness (QED) is 0.111. The second-order valence-electron chi connectivity index (χ2n) is 13.0. The predicted octanol–water partition coefficient (Wildman–Crippen LogP) is 7.74. The number of pyridine rings is 1. The molecule has 0 N–H and O–H groups in total. The van der Waals surface area contributed by atoms with Crippen LogP contribution in [0.25, 0.3) is 11.0 Å². The number of carbonyl (C=O) groups excluding carboxylic acids is 1. The monoisotopic (exact) mass is 658 g/mol. The Morgan fingerprint density at radius 3 is 2.62 bits per heavy atom. The van der Waals surface area contributed by atoms with Gasteiger partial charge in [-0.3, -0.25) is 0 Å². The van der Waals surface area contributed by atoms with E-state index < -0.39 is 34.9 Å². The van der Waals surface area contributed by atoms with Gasteiger partial charge < -0.3 is 18.6 Å². The van der Waals surface area contributed by atoms with Crippen molar-refractivity contribution in [1.29, 1.82) is 0 Å². The average molecular weight is 659 g/mol. The SMILES string of the molecule is COC(=O)c1ccc(F)cc1Oc1cnc2c(ccn2S(=O)(=O)[C@@]2(C)CC=CC=C2OC(C)CCCO[Si](C)(C)C(C)(C)C)c1. The van der Waals surface area contributed by atoms with Crippen LogP contribution in [-0.2, 0) is 23.9 Å². The molecule has 0 fully saturated rings. The van der Waals surface area contributed by atoms with Crippen molar-refractivity contribution in [3.8, 4) is 11.5 Å². The molecule has 3 aromatic rings. The second kappa shape index (κ2) is 13.1. The summed E-state index contributed by atoms with van der Waals surface area (Å²) in [6, 6.07) is 6.65. The van der Waals surface area contributed by atoms with E-state index in [9.17, 15) is 17.6 Å². The summed E-state index contributed by atoms with van der Waals surface area (Å²) in [4.78, 5) is 16.5. The van der Waals surface area contributed by atoms with Crippen LogP contribution in [0.15, 0.2) is 66.7 Å². The predicted molar refractivity (Wildman–Crippen MR) is 175 cm³/mol. The van der Waals surface area contributed by atoms with Crippen LogP contribution in [0, 0.1) is 5.82 Å². The van der Waals surface area contributed by atoms with Crippen molar-refractivity contribution in [2.24, 2.45) is 0 Å². The first kappa shape index (κ1) is 34.4. The Balaban J connectivity index is 1.52. The van der Waals surface area contributed by atoms with Gasteiger partial charge in [0.2, 0.25) is 0 Å². The maximum atomic E-state index is 14.2. The van der Waals surface area contributed by atoms with Crippen molar-refractivity contribution in [3.05, 3.63) is 78.1 Å². The lowest BCUT2D eigenvalue weighted by molar-refractivity contribution is 0.0597. The van der Waals surface area contributed by atoms with Crippen LogP contribution in [0.5, 0.6) is 11.5 Å². The van der Waals surface area contributed by atoms with Gasteiger partial charge >= 0.3 is 5.97 Å². The van der Waals surface area contributed by atoms with Crippen molar-refractivity contribution in [1.82, 2.24) is 8.96 Å². The van der Waals surface area contributed by atoms with E-state index in [1.54, 1.807) is 25.1 Å². The molecular weight excluding hydrogens is 616 g/mol. The molecule has 0 amide bonds. The smallest absolute Gasteiger partial charge is 0.341 e. The van der Waals surface area contributed by atoms with E-state index >= 15 is 0 Å². The van der Waals surface area contributed by atoms with E-state index in [1.165, 1.54) is 25.6 Å². The molecule has 2 aromatic heterocycles. The molecular formula is C33H43FN2O7SSi. The second-order valence-corrected chi connectivity index (χ2v) is 20.1. The van der Waals surface area contributed by atoms with Crippen molar-refractivity contribution in [3.63, 3.8) is 0 Å². The molecule has 244 valence electrons. The van der Waals surface area contributed by atoms with Gasteiger partial charge in [0.05, 0.1) is 19.4 Å². The Labute approximate surface area is 266 Å². The van der Waals surface area contributed by atoms with Crippen molar-refractivity contribution >= 4 is 35.3 Å². The lowest BCUT2D eigenvalue weighted by Crippen LogP contribution is -2.43. The summed E-state index contributed by atoms with van der Waals surface area (Å²) >= 11 is 0. The first-order valence-corrected chi connectivity index (χ1v) is 19.3. The third-order valence-electron chi connectivity index (χ3n) is 8.64. The fourth-order valence-corrected chi connectivity index (χ4v) is 7.55. The van der Waals surface area contributed by atoms with Gasteiger partial charge in [-0.25, -0.2) is 26.6 Å². The summed E-state index contributed by atoms with van der Waals surface area (Å²) in [7, 11) is -4.69. The minimum absolute atomic E-state index is 0.0362. The molecule has 9 nitrogen and oxygen atoms in total. The highest BCUT2D eigenvalue weighted by Gasteiger charge is 2.46. The van der Waals surface area contributed by atoms with Gasteiger partial charge in [0.25, 0.3) is 10.0 Å². The normalized spacial score (nSPS) is 18.0. The molecule has 0 saturated carbocycles. The highest BCUT2D eigenvalue weighted by atomic mass is 32.2. The summed E-state index contributed by atoms with van der Waals surface area (Å²) in [6.45, 7) is 15.3. The third-order valence-corrected chi connectivity index (χ3v) is 15.5. The maximum absolute atomic E-state index is 14.2. The zero-order valence-electron chi connectivity index (χ0n) is 27.2. The number of methoxy groups -OCH3 is 1. The summed E-state index contributed by atoms with van der Waals surface area (Å²) in [5, 5.41) is 0.606. The number of fused-ring (bicyclic) bond motifs is 1. The van der Waals surface area contributed by atoms with Crippen molar-refractivity contribution in [2.45, 2.75) is 82.9 Å². The molecule has 1 aliphatic carbocycles. The Morgan fingerprint density at radius 1 is 1.20 bits per heavy atom. The van der Waals surface area contributed by atoms with E-state index in [-0.39, 0.29) is 40.3 Å². The summed E-state index contributed by atoms with van der Waals surface area (Å²) in [5.74, 6) is -0.782. The van der Waals surface area contributed by atoms with Crippen LogP contribution in [0.1, 0.15) is 64.2 Å². The van der Waals surface area contributed by atoms with Gasteiger partial charge in [-0.1, -0.05) is 32.9 Å². The number of ether oxygens (including phenoxy) is 3. The number of halogens is 1. The number of esters is 1. The Kier molecular flexibility index (Phi) is 10.0. The number of hydrogen-bond acceptors (Lipinski definition) is 8. The minimum atomic E-state index is -4.06. The highest BCUT2D eigenvalue weighted by molar-refractivity contribution is 7.91. The van der Waals surface area contributed by atoms with Crippen LogP contribution >= 0.6 is 0 Å². The standard InChI is InChI=1S/C33H43FN2O7SSi/c1-23(12-11-19-41-45(7,8)32(2,3)4)42-29-13-9-10-17-33(29,5)44(38,39)36-18-16-24-20-26(22-35-30(24)36)43-28-21-25(34)14-15-27(28)31(37)40-6/h9-10,13-16,18,20-23H,11-12,17,19H2,1-8H3/t23?,33-/m0/s1.